The van der Waals surface area contributed by atoms with Crippen molar-refractivity contribution in [1.29, 1.82) is 0 Å². The lowest BCUT2D eigenvalue weighted by Gasteiger charge is -1.96. The first kappa shape index (κ1) is 12.5. The Morgan fingerprint density at radius 1 is 1.15 bits per heavy atom. The van der Waals surface area contributed by atoms with Crippen LogP contribution in [-0.2, 0) is 0 Å². The summed E-state index contributed by atoms with van der Waals surface area (Å²) in [5, 5.41) is 14.9. The zero-order valence-electron chi connectivity index (χ0n) is 11.1. The van der Waals surface area contributed by atoms with E-state index in [4.69, 9.17) is 4.42 Å². The summed E-state index contributed by atoms with van der Waals surface area (Å²) in [7, 11) is 0. The number of hydrogen-bond donors (Lipinski definition) is 1. The Hall–Kier alpha value is -2.50. The van der Waals surface area contributed by atoms with E-state index in [1.165, 1.54) is 12.1 Å². The van der Waals surface area contributed by atoms with Crippen LogP contribution in [0.3, 0.4) is 0 Å². The maximum atomic E-state index is 13.2. The highest BCUT2D eigenvalue weighted by atomic mass is 19.1. The van der Waals surface area contributed by atoms with Gasteiger partial charge in [-0.2, -0.15) is 5.10 Å². The van der Waals surface area contributed by atoms with Crippen LogP contribution in [-0.4, -0.2) is 20.4 Å². The molecule has 2 heterocycles. The van der Waals surface area contributed by atoms with Crippen LogP contribution < -0.4 is 0 Å². The van der Waals surface area contributed by atoms with Gasteiger partial charge in [-0.15, -0.1) is 10.2 Å². The molecule has 3 aromatic rings. The lowest BCUT2D eigenvalue weighted by Crippen LogP contribution is -1.85. The lowest BCUT2D eigenvalue weighted by molar-refractivity contribution is 0.579. The number of aromatic amines is 1. The highest BCUT2D eigenvalue weighted by molar-refractivity contribution is 5.55. The van der Waals surface area contributed by atoms with E-state index in [0.717, 1.165) is 5.69 Å². The van der Waals surface area contributed by atoms with Crippen LogP contribution in [0.5, 0.6) is 0 Å². The van der Waals surface area contributed by atoms with Crippen LogP contribution in [0, 0.1) is 5.82 Å². The smallest absolute Gasteiger partial charge is 0.268 e. The summed E-state index contributed by atoms with van der Waals surface area (Å²) in [6.07, 6.45) is 0. The second-order valence-electron chi connectivity index (χ2n) is 4.79. The minimum atomic E-state index is -0.343. The van der Waals surface area contributed by atoms with E-state index < -0.39 is 0 Å². The van der Waals surface area contributed by atoms with E-state index in [-0.39, 0.29) is 11.7 Å². The van der Waals surface area contributed by atoms with Gasteiger partial charge in [0, 0.05) is 11.3 Å². The summed E-state index contributed by atoms with van der Waals surface area (Å²) in [6, 6.07) is 7.89. The van der Waals surface area contributed by atoms with E-state index in [1.54, 1.807) is 12.1 Å². The number of benzene rings is 1. The van der Waals surface area contributed by atoms with Crippen molar-refractivity contribution in [3.05, 3.63) is 41.8 Å². The zero-order chi connectivity index (χ0) is 14.1. The molecule has 0 saturated carbocycles. The van der Waals surface area contributed by atoms with Gasteiger partial charge in [-0.1, -0.05) is 19.9 Å². The predicted molar refractivity (Wildman–Crippen MR) is 71.4 cm³/mol. The molecule has 20 heavy (non-hydrogen) atoms. The first-order valence-electron chi connectivity index (χ1n) is 6.28. The number of rotatable bonds is 3. The predicted octanol–water partition coefficient (Wildman–Crippen LogP) is 3.39. The number of nitrogens with zero attached hydrogens (tertiary/aromatic N) is 3. The molecule has 3 rings (SSSR count). The largest absolute Gasteiger partial charge is 0.415 e. The van der Waals surface area contributed by atoms with Crippen molar-refractivity contribution in [2.75, 3.05) is 0 Å². The van der Waals surface area contributed by atoms with E-state index in [2.05, 4.69) is 34.2 Å². The van der Waals surface area contributed by atoms with Gasteiger partial charge < -0.3 is 4.42 Å². The molecule has 2 aromatic heterocycles. The Labute approximate surface area is 114 Å². The summed E-state index contributed by atoms with van der Waals surface area (Å²) in [5.74, 6) is 0.576. The molecule has 102 valence electrons. The van der Waals surface area contributed by atoms with Crippen LogP contribution in [0.4, 0.5) is 4.39 Å². The summed E-state index contributed by atoms with van der Waals surface area (Å²) < 4.78 is 18.7. The molecule has 5 nitrogen and oxygen atoms in total. The average molecular weight is 272 g/mol. The highest BCUT2D eigenvalue weighted by Gasteiger charge is 2.14. The molecule has 0 atom stereocenters. The lowest BCUT2D eigenvalue weighted by atomic mass is 10.1. The Balaban J connectivity index is 1.93. The van der Waals surface area contributed by atoms with Crippen LogP contribution in [0.25, 0.3) is 23.0 Å². The highest BCUT2D eigenvalue weighted by Crippen LogP contribution is 2.24. The fraction of sp³-hybridized carbons (Fsp3) is 0.214. The molecule has 0 bridgehead atoms. The van der Waals surface area contributed by atoms with Crippen LogP contribution in [0.2, 0.25) is 0 Å². The fourth-order valence-corrected chi connectivity index (χ4v) is 1.81. The Morgan fingerprint density at radius 3 is 2.65 bits per heavy atom. The van der Waals surface area contributed by atoms with Gasteiger partial charge in [0.1, 0.15) is 11.5 Å². The van der Waals surface area contributed by atoms with Gasteiger partial charge in [0.15, 0.2) is 0 Å². The molecule has 1 aromatic carbocycles. The molecule has 1 N–H and O–H groups in total. The molecule has 0 spiro atoms. The Kier molecular flexibility index (Phi) is 3.06. The molecule has 0 unspecified atom stereocenters. The van der Waals surface area contributed by atoms with Crippen molar-refractivity contribution in [3.63, 3.8) is 0 Å². The number of nitrogens with one attached hydrogen (secondary N) is 1. The van der Waals surface area contributed by atoms with Gasteiger partial charge in [-0.3, -0.25) is 5.10 Å². The monoisotopic (exact) mass is 272 g/mol. The minimum absolute atomic E-state index is 0.272. The van der Waals surface area contributed by atoms with E-state index in [9.17, 15) is 4.39 Å². The minimum Gasteiger partial charge on any atom is -0.415 e. The second-order valence-corrected chi connectivity index (χ2v) is 4.79. The molecule has 0 saturated heterocycles. The number of H-pyrrole nitrogens is 1. The maximum Gasteiger partial charge on any atom is 0.268 e. The number of halogens is 1. The van der Waals surface area contributed by atoms with Gasteiger partial charge in [0.05, 0.1) is 0 Å². The SMILES string of the molecule is CC(C)c1cc(-c2nnc(-c3cccc(F)c3)o2)n[nH]1. The summed E-state index contributed by atoms with van der Waals surface area (Å²) in [6.45, 7) is 4.12. The standard InChI is InChI=1S/C14H13FN4O/c1-8(2)11-7-12(17-16-11)14-19-18-13(20-14)9-4-3-5-10(15)6-9/h3-8H,1-2H3,(H,16,17). The maximum absolute atomic E-state index is 13.2. The summed E-state index contributed by atoms with van der Waals surface area (Å²) in [5.41, 5.74) is 2.12. The third-order valence-electron chi connectivity index (χ3n) is 2.94. The van der Waals surface area contributed by atoms with E-state index >= 15 is 0 Å². The van der Waals surface area contributed by atoms with Crippen molar-refractivity contribution in [2.24, 2.45) is 0 Å². The molecule has 0 aliphatic heterocycles. The van der Waals surface area contributed by atoms with Gasteiger partial charge in [-0.05, 0) is 30.2 Å². The topological polar surface area (TPSA) is 67.6 Å². The Bertz CT molecular complexity index is 732. The average Bonchev–Trinajstić information content (AvgIpc) is 3.08. The van der Waals surface area contributed by atoms with Crippen LogP contribution in [0.1, 0.15) is 25.5 Å². The van der Waals surface area contributed by atoms with Crippen molar-refractivity contribution in [3.8, 4) is 23.0 Å². The van der Waals surface area contributed by atoms with Crippen molar-refractivity contribution in [1.82, 2.24) is 20.4 Å². The number of hydrogen-bond acceptors (Lipinski definition) is 4. The van der Waals surface area contributed by atoms with Crippen molar-refractivity contribution in [2.45, 2.75) is 19.8 Å². The molecular weight excluding hydrogens is 259 g/mol. The zero-order valence-corrected chi connectivity index (χ0v) is 11.1. The third-order valence-corrected chi connectivity index (χ3v) is 2.94. The molecule has 6 heteroatoms. The van der Waals surface area contributed by atoms with Gasteiger partial charge in [0.2, 0.25) is 5.89 Å². The fourth-order valence-electron chi connectivity index (χ4n) is 1.81. The summed E-state index contributed by atoms with van der Waals surface area (Å²) >= 11 is 0. The van der Waals surface area contributed by atoms with Crippen molar-refractivity contribution >= 4 is 0 Å². The normalized spacial score (nSPS) is 11.2. The molecule has 0 radical (unpaired) electrons. The van der Waals surface area contributed by atoms with Gasteiger partial charge in [0.25, 0.3) is 5.89 Å². The van der Waals surface area contributed by atoms with E-state index in [1.807, 2.05) is 6.07 Å². The first-order valence-corrected chi connectivity index (χ1v) is 6.28. The van der Waals surface area contributed by atoms with Gasteiger partial charge >= 0.3 is 0 Å². The van der Waals surface area contributed by atoms with Crippen LogP contribution >= 0.6 is 0 Å². The van der Waals surface area contributed by atoms with Crippen molar-refractivity contribution < 1.29 is 8.81 Å². The summed E-state index contributed by atoms with van der Waals surface area (Å²) in [4.78, 5) is 0. The Morgan fingerprint density at radius 2 is 1.95 bits per heavy atom. The molecular formula is C14H13FN4O. The van der Waals surface area contributed by atoms with Crippen LogP contribution in [0.15, 0.2) is 34.7 Å². The molecule has 0 amide bonds. The number of aromatic nitrogens is 4. The van der Waals surface area contributed by atoms with Gasteiger partial charge in [-0.25, -0.2) is 4.39 Å². The molecule has 0 aliphatic rings. The third kappa shape index (κ3) is 2.32. The molecule has 0 fully saturated rings. The quantitative estimate of drug-likeness (QED) is 0.793. The van der Waals surface area contributed by atoms with E-state index in [0.29, 0.717) is 23.1 Å². The second kappa shape index (κ2) is 4.88. The first-order chi connectivity index (χ1) is 9.63. The molecule has 0 aliphatic carbocycles.